The molecule has 0 saturated carbocycles. The molecule has 0 radical (unpaired) electrons. The Morgan fingerprint density at radius 2 is 1.53 bits per heavy atom. The fourth-order valence-corrected chi connectivity index (χ4v) is 7.19. The van der Waals surface area contributed by atoms with Crippen LogP contribution in [0.4, 0.5) is 11.4 Å². The number of amides is 1. The highest BCUT2D eigenvalue weighted by Crippen LogP contribution is 2.56. The Morgan fingerprint density at radius 1 is 0.911 bits per heavy atom. The molecule has 3 N–H and O–H groups in total. The Labute approximate surface area is 261 Å². The van der Waals surface area contributed by atoms with Gasteiger partial charge in [-0.05, 0) is 98.2 Å². The number of methoxy groups -OCH3 is 2. The fourth-order valence-electron chi connectivity index (χ4n) is 7.19. The maximum atomic E-state index is 13.4. The number of nitrogens with one attached hydrogen (secondary N) is 2. The molecule has 0 aromatic heterocycles. The zero-order valence-corrected chi connectivity index (χ0v) is 25.5. The number of phenols is 1. The predicted molar refractivity (Wildman–Crippen MR) is 165 cm³/mol. The van der Waals surface area contributed by atoms with E-state index in [2.05, 4.69) is 22.6 Å². The number of piperidine rings is 1. The van der Waals surface area contributed by atoms with Crippen molar-refractivity contribution in [2.24, 2.45) is 17.8 Å². The largest absolute Gasteiger partial charge is 0.502 e. The van der Waals surface area contributed by atoms with Gasteiger partial charge in [-0.15, -0.1) is 0 Å². The number of ether oxygens (including phenoxy) is 5. The molecule has 236 valence electrons. The fraction of sp³-hybridized carbons (Fsp3) is 0.412. The van der Waals surface area contributed by atoms with Crippen molar-refractivity contribution in [1.29, 1.82) is 0 Å². The van der Waals surface area contributed by atoms with Crippen LogP contribution in [0.3, 0.4) is 0 Å². The molecule has 45 heavy (non-hydrogen) atoms. The Kier molecular flexibility index (Phi) is 7.56. The van der Waals surface area contributed by atoms with Gasteiger partial charge in [0.2, 0.25) is 18.4 Å². The molecule has 4 aliphatic rings. The third kappa shape index (κ3) is 5.24. The zero-order valence-electron chi connectivity index (χ0n) is 25.5. The van der Waals surface area contributed by atoms with Crippen LogP contribution in [0.15, 0.2) is 48.5 Å². The first kappa shape index (κ1) is 29.1. The van der Waals surface area contributed by atoms with Gasteiger partial charge in [0.05, 0.1) is 32.8 Å². The van der Waals surface area contributed by atoms with Gasteiger partial charge in [-0.2, -0.15) is 0 Å². The second-order valence-electron chi connectivity index (χ2n) is 12.2. The number of cyclic esters (lactones) is 1. The molecule has 0 unspecified atom stereocenters. The van der Waals surface area contributed by atoms with Gasteiger partial charge < -0.3 is 44.3 Å². The first-order valence-corrected chi connectivity index (χ1v) is 15.3. The van der Waals surface area contributed by atoms with E-state index in [1.165, 1.54) is 14.2 Å². The Bertz CT molecular complexity index is 1590. The van der Waals surface area contributed by atoms with E-state index in [9.17, 15) is 14.7 Å². The van der Waals surface area contributed by atoms with Crippen molar-refractivity contribution < 1.29 is 38.4 Å². The van der Waals surface area contributed by atoms with E-state index in [4.69, 9.17) is 23.7 Å². The first-order chi connectivity index (χ1) is 21.8. The minimum Gasteiger partial charge on any atom is -0.502 e. The summed E-state index contributed by atoms with van der Waals surface area (Å²) in [4.78, 5) is 28.6. The molecular weight excluding hydrogens is 578 g/mol. The number of phenolic OH excluding ortho intramolecular Hbond substituents is 1. The minimum absolute atomic E-state index is 0.0176. The second-order valence-corrected chi connectivity index (χ2v) is 12.2. The Balaban J connectivity index is 1.22. The van der Waals surface area contributed by atoms with E-state index in [1.54, 1.807) is 12.1 Å². The molecular formula is C34H37N3O8. The van der Waals surface area contributed by atoms with E-state index < -0.39 is 11.8 Å². The lowest BCUT2D eigenvalue weighted by Crippen LogP contribution is -2.37. The summed E-state index contributed by atoms with van der Waals surface area (Å²) in [5.74, 6) is 0.236. The number of anilines is 2. The number of carbonyl (C=O) groups excluding carboxylic acids is 2. The Hall–Kier alpha value is -4.64. The third-order valence-electron chi connectivity index (χ3n) is 9.61. The van der Waals surface area contributed by atoms with Crippen molar-refractivity contribution in [3.8, 4) is 28.7 Å². The second kappa shape index (κ2) is 11.7. The highest BCUT2D eigenvalue weighted by atomic mass is 16.7. The number of nitrogens with zero attached hydrogens (tertiary/aromatic N) is 1. The van der Waals surface area contributed by atoms with E-state index in [0.717, 1.165) is 54.0 Å². The summed E-state index contributed by atoms with van der Waals surface area (Å²) < 4.78 is 28.2. The van der Waals surface area contributed by atoms with Gasteiger partial charge in [0, 0.05) is 29.1 Å². The van der Waals surface area contributed by atoms with Crippen LogP contribution in [0.2, 0.25) is 0 Å². The quantitative estimate of drug-likeness (QED) is 0.327. The number of fused-ring (bicyclic) bond motifs is 3. The van der Waals surface area contributed by atoms with E-state index >= 15 is 0 Å². The van der Waals surface area contributed by atoms with Crippen molar-refractivity contribution in [2.75, 3.05) is 58.4 Å². The van der Waals surface area contributed by atoms with Gasteiger partial charge in [0.1, 0.15) is 0 Å². The third-order valence-corrected chi connectivity index (χ3v) is 9.61. The van der Waals surface area contributed by atoms with Gasteiger partial charge in [0.15, 0.2) is 23.0 Å². The smallest absolute Gasteiger partial charge is 0.310 e. The Morgan fingerprint density at radius 3 is 2.18 bits per heavy atom. The summed E-state index contributed by atoms with van der Waals surface area (Å²) in [6, 6.07) is 14.8. The molecule has 3 aliphatic heterocycles. The maximum Gasteiger partial charge on any atom is 0.310 e. The average molecular weight is 616 g/mol. The van der Waals surface area contributed by atoms with Crippen LogP contribution >= 0.6 is 0 Å². The minimum atomic E-state index is -0.526. The lowest BCUT2D eigenvalue weighted by Gasteiger charge is -2.40. The molecule has 3 aromatic rings. The number of aromatic hydroxyl groups is 1. The summed E-state index contributed by atoms with van der Waals surface area (Å²) in [6.07, 6.45) is 1.71. The van der Waals surface area contributed by atoms with Crippen LogP contribution in [0.25, 0.3) is 0 Å². The van der Waals surface area contributed by atoms with Crippen molar-refractivity contribution >= 4 is 23.3 Å². The zero-order chi connectivity index (χ0) is 31.2. The molecule has 3 aromatic carbocycles. The number of rotatable bonds is 7. The van der Waals surface area contributed by atoms with Crippen LogP contribution in [-0.4, -0.2) is 69.6 Å². The van der Waals surface area contributed by atoms with Crippen molar-refractivity contribution in [3.05, 3.63) is 65.2 Å². The molecule has 4 atom stereocenters. The van der Waals surface area contributed by atoms with Crippen LogP contribution < -0.4 is 29.6 Å². The van der Waals surface area contributed by atoms with Crippen molar-refractivity contribution in [3.63, 3.8) is 0 Å². The summed E-state index contributed by atoms with van der Waals surface area (Å²) in [5, 5.41) is 17.3. The SMILES string of the molecule is COc1cc([C@@H]2c3cc4c(cc3[C@@H](Nc3ccc(NC(=O)C5CCN(C)CC5)cc3)[C@H]3COC(=O)[C@H]23)OCO4)cc(OC)c1O. The van der Waals surface area contributed by atoms with Gasteiger partial charge in [-0.25, -0.2) is 0 Å². The number of carbonyl (C=O) groups is 2. The summed E-state index contributed by atoms with van der Waals surface area (Å²) in [6.45, 7) is 2.20. The van der Waals surface area contributed by atoms with Crippen molar-refractivity contribution in [1.82, 2.24) is 4.90 Å². The average Bonchev–Trinajstić information content (AvgIpc) is 3.67. The van der Waals surface area contributed by atoms with E-state index in [0.29, 0.717) is 11.5 Å². The lowest BCUT2D eigenvalue weighted by atomic mass is 9.65. The molecule has 2 saturated heterocycles. The number of hydrogen-bond donors (Lipinski definition) is 3. The highest BCUT2D eigenvalue weighted by molar-refractivity contribution is 5.92. The molecule has 2 fully saturated rings. The molecule has 0 spiro atoms. The van der Waals surface area contributed by atoms with E-state index in [-0.39, 0.29) is 60.4 Å². The number of benzene rings is 3. The van der Waals surface area contributed by atoms with Gasteiger partial charge >= 0.3 is 5.97 Å². The van der Waals surface area contributed by atoms with Crippen LogP contribution in [0, 0.1) is 17.8 Å². The normalized spacial score (nSPS) is 23.9. The molecule has 11 nitrogen and oxygen atoms in total. The predicted octanol–water partition coefficient (Wildman–Crippen LogP) is 4.51. The molecule has 11 heteroatoms. The molecule has 3 heterocycles. The van der Waals surface area contributed by atoms with Gasteiger partial charge in [-0.3, -0.25) is 9.59 Å². The molecule has 1 amide bonds. The molecule has 7 rings (SSSR count). The molecule has 0 bridgehead atoms. The number of esters is 1. The summed E-state index contributed by atoms with van der Waals surface area (Å²) >= 11 is 0. The molecule has 1 aliphatic carbocycles. The van der Waals surface area contributed by atoms with E-state index in [1.807, 2.05) is 36.4 Å². The standard InChI is InChI=1S/C34H37N3O8/c1-37-10-8-18(9-11-37)33(39)36-21-6-4-20(5-7-21)35-31-23-15-26-25(44-17-45-26)14-22(23)29(30-24(31)16-43-34(30)40)19-12-27(41-2)32(38)28(13-19)42-3/h4-7,12-15,18,24,29-31,35,38H,8-11,16-17H2,1-3H3,(H,36,39)/t24-,29+,30-,31+/m0/s1. The summed E-state index contributed by atoms with van der Waals surface area (Å²) in [7, 11) is 5.03. The van der Waals surface area contributed by atoms with Crippen LogP contribution in [0.5, 0.6) is 28.7 Å². The monoisotopic (exact) mass is 615 g/mol. The maximum absolute atomic E-state index is 13.4. The summed E-state index contributed by atoms with van der Waals surface area (Å²) in [5.41, 5.74) is 4.16. The topological polar surface area (TPSA) is 128 Å². The van der Waals surface area contributed by atoms with Crippen LogP contribution in [0.1, 0.15) is 41.5 Å². The number of hydrogen-bond acceptors (Lipinski definition) is 10. The van der Waals surface area contributed by atoms with Crippen molar-refractivity contribution in [2.45, 2.75) is 24.8 Å². The van der Waals surface area contributed by atoms with Crippen LogP contribution in [-0.2, 0) is 14.3 Å². The lowest BCUT2D eigenvalue weighted by molar-refractivity contribution is -0.141. The van der Waals surface area contributed by atoms with Gasteiger partial charge in [-0.1, -0.05) is 0 Å². The highest BCUT2D eigenvalue weighted by Gasteiger charge is 2.52. The van der Waals surface area contributed by atoms with Gasteiger partial charge in [0.25, 0.3) is 0 Å². The number of likely N-dealkylation sites (tertiary alicyclic amines) is 1. The first-order valence-electron chi connectivity index (χ1n) is 15.3.